The minimum Gasteiger partial charge on any atom is -0.378 e. The van der Waals surface area contributed by atoms with Crippen molar-refractivity contribution >= 4 is 11.8 Å². The minimum absolute atomic E-state index is 0.0649. The molecule has 0 aromatic carbocycles. The number of nitrogens with zero attached hydrogens (tertiary/aromatic N) is 1. The summed E-state index contributed by atoms with van der Waals surface area (Å²) in [4.78, 5) is 25.0. The average molecular weight is 226 g/mol. The second-order valence-corrected chi connectivity index (χ2v) is 5.10. The molecule has 16 heavy (non-hydrogen) atoms. The van der Waals surface area contributed by atoms with Crippen molar-refractivity contribution in [2.24, 2.45) is 5.41 Å². The highest BCUT2D eigenvalue weighted by atomic mass is 16.5. The van der Waals surface area contributed by atoms with Crippen molar-refractivity contribution in [2.75, 3.05) is 26.3 Å². The maximum atomic E-state index is 11.9. The molecule has 5 nitrogen and oxygen atoms in total. The van der Waals surface area contributed by atoms with Crippen LogP contribution in [0.3, 0.4) is 0 Å². The lowest BCUT2D eigenvalue weighted by Gasteiger charge is -2.27. The Morgan fingerprint density at radius 2 is 2.25 bits per heavy atom. The average Bonchev–Trinajstić information content (AvgIpc) is 2.42. The van der Waals surface area contributed by atoms with Crippen molar-refractivity contribution < 1.29 is 14.3 Å². The number of hydrogen-bond acceptors (Lipinski definition) is 4. The molecule has 5 heteroatoms. The van der Waals surface area contributed by atoms with E-state index in [-0.39, 0.29) is 17.9 Å². The summed E-state index contributed by atoms with van der Waals surface area (Å²) in [6.07, 6.45) is 0.319. The molecule has 0 radical (unpaired) electrons. The van der Waals surface area contributed by atoms with Crippen LogP contribution in [0, 0.1) is 5.41 Å². The number of nitrogens with one attached hydrogen (secondary N) is 1. The predicted octanol–water partition coefficient (Wildman–Crippen LogP) is -0.240. The summed E-state index contributed by atoms with van der Waals surface area (Å²) in [6, 6.07) is 0.0792. The van der Waals surface area contributed by atoms with Gasteiger partial charge in [0.15, 0.2) is 0 Å². The van der Waals surface area contributed by atoms with Crippen LogP contribution in [0.5, 0.6) is 0 Å². The molecule has 0 bridgehead atoms. The Balaban J connectivity index is 1.99. The van der Waals surface area contributed by atoms with Gasteiger partial charge in [-0.25, -0.2) is 0 Å². The summed E-state index contributed by atoms with van der Waals surface area (Å²) in [6.45, 7) is 6.11. The van der Waals surface area contributed by atoms with Crippen LogP contribution in [0.1, 0.15) is 20.3 Å². The largest absolute Gasteiger partial charge is 0.378 e. The van der Waals surface area contributed by atoms with Gasteiger partial charge in [-0.2, -0.15) is 0 Å². The monoisotopic (exact) mass is 226 g/mol. The molecule has 0 aromatic rings. The fourth-order valence-electron chi connectivity index (χ4n) is 2.17. The van der Waals surface area contributed by atoms with E-state index >= 15 is 0 Å². The van der Waals surface area contributed by atoms with Crippen molar-refractivity contribution in [1.82, 2.24) is 10.2 Å². The van der Waals surface area contributed by atoms with E-state index in [9.17, 15) is 9.59 Å². The molecule has 2 aliphatic heterocycles. The maximum absolute atomic E-state index is 11.9. The van der Waals surface area contributed by atoms with Crippen molar-refractivity contribution in [1.29, 1.82) is 0 Å². The van der Waals surface area contributed by atoms with Crippen molar-refractivity contribution in [3.8, 4) is 0 Å². The first-order valence-corrected chi connectivity index (χ1v) is 5.66. The Hall–Kier alpha value is -0.940. The van der Waals surface area contributed by atoms with E-state index in [1.54, 1.807) is 0 Å². The number of likely N-dealkylation sites (tertiary alicyclic amines) is 1. The predicted molar refractivity (Wildman–Crippen MR) is 57.7 cm³/mol. The Kier molecular flexibility index (Phi) is 2.99. The molecular formula is C11H18N2O3. The lowest BCUT2D eigenvalue weighted by atomic mass is 9.92. The number of ether oxygens (including phenoxy) is 1. The molecule has 2 fully saturated rings. The second-order valence-electron chi connectivity index (χ2n) is 5.10. The zero-order valence-corrected chi connectivity index (χ0v) is 9.78. The Labute approximate surface area is 95.1 Å². The van der Waals surface area contributed by atoms with Crippen LogP contribution < -0.4 is 5.32 Å². The van der Waals surface area contributed by atoms with Crippen LogP contribution in [0.25, 0.3) is 0 Å². The van der Waals surface area contributed by atoms with Gasteiger partial charge in [-0.15, -0.1) is 0 Å². The Bertz CT molecular complexity index is 308. The van der Waals surface area contributed by atoms with Gasteiger partial charge < -0.3 is 10.1 Å². The first-order chi connectivity index (χ1) is 7.50. The number of rotatable bonds is 2. The van der Waals surface area contributed by atoms with Crippen LogP contribution in [0.15, 0.2) is 0 Å². The van der Waals surface area contributed by atoms with Gasteiger partial charge in [-0.3, -0.25) is 14.5 Å². The van der Waals surface area contributed by atoms with Gasteiger partial charge in [-0.05, 0) is 0 Å². The maximum Gasteiger partial charge on any atom is 0.235 e. The summed E-state index contributed by atoms with van der Waals surface area (Å²) >= 11 is 0. The van der Waals surface area contributed by atoms with Crippen LogP contribution in [-0.4, -0.2) is 49.1 Å². The Morgan fingerprint density at radius 3 is 2.75 bits per heavy atom. The number of morpholine rings is 1. The molecule has 2 amide bonds. The topological polar surface area (TPSA) is 58.6 Å². The summed E-state index contributed by atoms with van der Waals surface area (Å²) < 4.78 is 5.30. The first-order valence-electron chi connectivity index (χ1n) is 5.66. The standard InChI is InChI=1S/C11H18N2O3/c1-11(2)5-9(14)13(10(11)15)6-8-7-16-4-3-12-8/h8,12H,3-7H2,1-2H3. The zero-order chi connectivity index (χ0) is 11.8. The molecule has 2 aliphatic rings. The van der Waals surface area contributed by atoms with E-state index < -0.39 is 5.41 Å². The van der Waals surface area contributed by atoms with Gasteiger partial charge in [0.2, 0.25) is 11.8 Å². The first kappa shape index (κ1) is 11.5. The van der Waals surface area contributed by atoms with Crippen LogP contribution >= 0.6 is 0 Å². The molecule has 0 spiro atoms. The third-order valence-corrected chi connectivity index (χ3v) is 3.12. The smallest absolute Gasteiger partial charge is 0.235 e. The van der Waals surface area contributed by atoms with Crippen molar-refractivity contribution in [3.05, 3.63) is 0 Å². The molecule has 1 unspecified atom stereocenters. The van der Waals surface area contributed by atoms with Gasteiger partial charge in [0, 0.05) is 25.6 Å². The summed E-state index contributed by atoms with van der Waals surface area (Å²) in [5.74, 6) is -0.132. The van der Waals surface area contributed by atoms with Crippen LogP contribution in [-0.2, 0) is 14.3 Å². The molecule has 2 saturated heterocycles. The van der Waals surface area contributed by atoms with E-state index in [2.05, 4.69) is 5.32 Å². The Morgan fingerprint density at radius 1 is 1.50 bits per heavy atom. The van der Waals surface area contributed by atoms with Crippen LogP contribution in [0.4, 0.5) is 0 Å². The van der Waals surface area contributed by atoms with Gasteiger partial charge in [0.1, 0.15) is 0 Å². The van der Waals surface area contributed by atoms with Gasteiger partial charge in [0.05, 0.1) is 18.6 Å². The highest BCUT2D eigenvalue weighted by Crippen LogP contribution is 2.31. The van der Waals surface area contributed by atoms with Crippen LogP contribution in [0.2, 0.25) is 0 Å². The molecule has 1 N–H and O–H groups in total. The molecule has 0 aliphatic carbocycles. The minimum atomic E-state index is -0.535. The van der Waals surface area contributed by atoms with E-state index in [1.807, 2.05) is 13.8 Å². The molecule has 90 valence electrons. The quantitative estimate of drug-likeness (QED) is 0.660. The van der Waals surface area contributed by atoms with E-state index in [4.69, 9.17) is 4.74 Å². The third kappa shape index (κ3) is 2.10. The molecule has 1 atom stereocenters. The van der Waals surface area contributed by atoms with E-state index in [0.29, 0.717) is 26.2 Å². The molecule has 0 aromatic heterocycles. The third-order valence-electron chi connectivity index (χ3n) is 3.12. The number of hydrogen-bond donors (Lipinski definition) is 1. The lowest BCUT2D eigenvalue weighted by molar-refractivity contribution is -0.141. The molecule has 2 rings (SSSR count). The zero-order valence-electron chi connectivity index (χ0n) is 9.78. The molecular weight excluding hydrogens is 208 g/mol. The molecule has 0 saturated carbocycles. The number of imide groups is 1. The number of amides is 2. The van der Waals surface area contributed by atoms with Gasteiger partial charge in [-0.1, -0.05) is 13.8 Å². The molecule has 2 heterocycles. The van der Waals surface area contributed by atoms with E-state index in [1.165, 1.54) is 4.90 Å². The van der Waals surface area contributed by atoms with Crippen molar-refractivity contribution in [3.63, 3.8) is 0 Å². The fourth-order valence-corrected chi connectivity index (χ4v) is 2.17. The second kappa shape index (κ2) is 4.14. The van der Waals surface area contributed by atoms with Gasteiger partial charge in [0.25, 0.3) is 0 Å². The fraction of sp³-hybridized carbons (Fsp3) is 0.818. The SMILES string of the molecule is CC1(C)CC(=O)N(CC2COCCN2)C1=O. The number of carbonyl (C=O) groups is 2. The summed E-state index contributed by atoms with van der Waals surface area (Å²) in [5.41, 5.74) is -0.535. The number of carbonyl (C=O) groups excluding carboxylic acids is 2. The lowest BCUT2D eigenvalue weighted by Crippen LogP contribution is -2.50. The summed E-state index contributed by atoms with van der Waals surface area (Å²) in [5, 5.41) is 3.24. The highest BCUT2D eigenvalue weighted by Gasteiger charge is 2.45. The summed E-state index contributed by atoms with van der Waals surface area (Å²) in [7, 11) is 0. The normalized spacial score (nSPS) is 29.9. The van der Waals surface area contributed by atoms with E-state index in [0.717, 1.165) is 6.54 Å². The van der Waals surface area contributed by atoms with Crippen molar-refractivity contribution in [2.45, 2.75) is 26.3 Å². The highest BCUT2D eigenvalue weighted by molar-refractivity contribution is 6.05. The van der Waals surface area contributed by atoms with Gasteiger partial charge >= 0.3 is 0 Å².